The Morgan fingerprint density at radius 3 is 2.61 bits per heavy atom. The van der Waals surface area contributed by atoms with Crippen molar-refractivity contribution in [2.45, 2.75) is 6.92 Å². The highest BCUT2D eigenvalue weighted by atomic mass is 79.9. The minimum atomic E-state index is -0.273. The number of halogens is 1. The number of rotatable bonds is 9. The average molecular weight is 552 g/mol. The van der Waals surface area contributed by atoms with Gasteiger partial charge in [-0.15, -0.1) is 0 Å². The molecule has 4 rings (SSSR count). The lowest BCUT2D eigenvalue weighted by Crippen LogP contribution is -2.19. The van der Waals surface area contributed by atoms with Gasteiger partial charge in [-0.2, -0.15) is 4.98 Å². The molecule has 2 aromatic heterocycles. The van der Waals surface area contributed by atoms with E-state index in [4.69, 9.17) is 14.0 Å². The summed E-state index contributed by atoms with van der Waals surface area (Å²) in [4.78, 5) is 23.6. The molecule has 10 heteroatoms. The first kappa shape index (κ1) is 25.3. The molecule has 0 aliphatic heterocycles. The Balaban J connectivity index is 1.47. The number of amides is 1. The number of ether oxygens (including phenoxy) is 2. The van der Waals surface area contributed by atoms with Gasteiger partial charge in [0, 0.05) is 42.5 Å². The molecule has 0 bridgehead atoms. The zero-order valence-corrected chi connectivity index (χ0v) is 22.0. The Labute approximate surface area is 217 Å². The van der Waals surface area contributed by atoms with Gasteiger partial charge in [0.25, 0.3) is 5.91 Å². The van der Waals surface area contributed by atoms with Crippen molar-refractivity contribution in [3.05, 3.63) is 70.7 Å². The molecule has 36 heavy (non-hydrogen) atoms. The van der Waals surface area contributed by atoms with Crippen LogP contribution in [0.15, 0.2) is 63.7 Å². The van der Waals surface area contributed by atoms with Gasteiger partial charge in [0.2, 0.25) is 11.7 Å². The van der Waals surface area contributed by atoms with Crippen molar-refractivity contribution in [2.75, 3.05) is 39.7 Å². The van der Waals surface area contributed by atoms with Gasteiger partial charge in [-0.3, -0.25) is 9.78 Å². The number of carbonyl (C=O) groups excluding carboxylic acids is 1. The smallest absolute Gasteiger partial charge is 0.257 e. The fourth-order valence-corrected chi connectivity index (χ4v) is 3.74. The second-order valence-corrected chi connectivity index (χ2v) is 9.09. The summed E-state index contributed by atoms with van der Waals surface area (Å²) in [6.07, 6.45) is 1.54. The quantitative estimate of drug-likeness (QED) is 0.307. The highest BCUT2D eigenvalue weighted by Gasteiger charge is 2.14. The SMILES string of the molecule is COc1cc(-c2noc(C)n2)ccc1-c1ccc(C(=O)Nc2ccc(Br)c(OCCN(C)C)c2)cn1. The average Bonchev–Trinajstić information content (AvgIpc) is 3.31. The van der Waals surface area contributed by atoms with E-state index in [0.29, 0.717) is 46.8 Å². The normalized spacial score (nSPS) is 10.9. The molecule has 1 N–H and O–H groups in total. The second kappa shape index (κ2) is 11.3. The van der Waals surface area contributed by atoms with Gasteiger partial charge in [0.15, 0.2) is 0 Å². The lowest BCUT2D eigenvalue weighted by atomic mass is 10.1. The minimum Gasteiger partial charge on any atom is -0.496 e. The summed E-state index contributed by atoms with van der Waals surface area (Å²) in [6, 6.07) is 14.5. The first-order valence-corrected chi connectivity index (χ1v) is 12.0. The van der Waals surface area contributed by atoms with Crippen molar-refractivity contribution < 1.29 is 18.8 Å². The van der Waals surface area contributed by atoms with Crippen molar-refractivity contribution in [1.82, 2.24) is 20.0 Å². The van der Waals surface area contributed by atoms with E-state index in [-0.39, 0.29) is 5.91 Å². The topological polar surface area (TPSA) is 103 Å². The number of carbonyl (C=O) groups is 1. The molecule has 1 amide bonds. The van der Waals surface area contributed by atoms with Crippen molar-refractivity contribution in [1.29, 1.82) is 0 Å². The summed E-state index contributed by atoms with van der Waals surface area (Å²) >= 11 is 3.49. The summed E-state index contributed by atoms with van der Waals surface area (Å²) in [7, 11) is 5.55. The standard InChI is InChI=1S/C26H26BrN5O4/c1-16-29-25(31-36-16)17-5-8-20(23(13-17)34-4)22-10-6-18(15-28-22)26(33)30-19-7-9-21(27)24(14-19)35-12-11-32(2)3/h5-10,13-15H,11-12H2,1-4H3,(H,30,33). The highest BCUT2D eigenvalue weighted by Crippen LogP contribution is 2.33. The summed E-state index contributed by atoms with van der Waals surface area (Å²) in [5.74, 6) is 1.97. The number of nitrogens with zero attached hydrogens (tertiary/aromatic N) is 4. The number of aromatic nitrogens is 3. The van der Waals surface area contributed by atoms with E-state index in [0.717, 1.165) is 22.1 Å². The molecule has 0 spiro atoms. The zero-order chi connectivity index (χ0) is 25.7. The Morgan fingerprint density at radius 2 is 1.94 bits per heavy atom. The Hall–Kier alpha value is -3.76. The molecule has 4 aromatic rings. The van der Waals surface area contributed by atoms with Crippen LogP contribution in [-0.4, -0.2) is 60.3 Å². The summed E-state index contributed by atoms with van der Waals surface area (Å²) in [5.41, 5.74) is 3.26. The Bertz CT molecular complexity index is 1350. The van der Waals surface area contributed by atoms with Gasteiger partial charge >= 0.3 is 0 Å². The van der Waals surface area contributed by atoms with E-state index in [1.54, 1.807) is 38.3 Å². The van der Waals surface area contributed by atoms with Crippen LogP contribution < -0.4 is 14.8 Å². The van der Waals surface area contributed by atoms with Crippen molar-refractivity contribution in [2.24, 2.45) is 0 Å². The van der Waals surface area contributed by atoms with Crippen LogP contribution in [0.3, 0.4) is 0 Å². The molecule has 0 fully saturated rings. The summed E-state index contributed by atoms with van der Waals surface area (Å²) in [6.45, 7) is 3.05. The molecule has 2 heterocycles. The molecule has 0 radical (unpaired) electrons. The lowest BCUT2D eigenvalue weighted by Gasteiger charge is -2.13. The van der Waals surface area contributed by atoms with Crippen LogP contribution in [0.5, 0.6) is 11.5 Å². The molecule has 186 valence electrons. The maximum absolute atomic E-state index is 12.8. The molecule has 0 saturated carbocycles. The number of benzene rings is 2. The van der Waals surface area contributed by atoms with E-state index < -0.39 is 0 Å². The van der Waals surface area contributed by atoms with Gasteiger partial charge in [-0.05, 0) is 66.4 Å². The van der Waals surface area contributed by atoms with E-state index in [1.807, 2.05) is 43.3 Å². The van der Waals surface area contributed by atoms with Crippen molar-refractivity contribution in [3.63, 3.8) is 0 Å². The monoisotopic (exact) mass is 551 g/mol. The van der Waals surface area contributed by atoms with Crippen LogP contribution in [0, 0.1) is 6.92 Å². The molecule has 2 aromatic carbocycles. The molecular weight excluding hydrogens is 526 g/mol. The van der Waals surface area contributed by atoms with Gasteiger partial charge in [0.05, 0.1) is 22.8 Å². The molecule has 0 aliphatic rings. The van der Waals surface area contributed by atoms with Crippen molar-refractivity contribution >= 4 is 27.5 Å². The zero-order valence-electron chi connectivity index (χ0n) is 20.4. The highest BCUT2D eigenvalue weighted by molar-refractivity contribution is 9.10. The van der Waals surface area contributed by atoms with Crippen LogP contribution >= 0.6 is 15.9 Å². The molecular formula is C26H26BrN5O4. The van der Waals surface area contributed by atoms with Crippen molar-refractivity contribution in [3.8, 4) is 34.1 Å². The molecule has 0 atom stereocenters. The molecule has 0 saturated heterocycles. The van der Waals surface area contributed by atoms with E-state index in [2.05, 4.69) is 36.4 Å². The fraction of sp³-hybridized carbons (Fsp3) is 0.231. The number of pyridine rings is 1. The first-order valence-electron chi connectivity index (χ1n) is 11.2. The number of anilines is 1. The summed E-state index contributed by atoms with van der Waals surface area (Å²) in [5, 5.41) is 6.84. The number of aryl methyl sites for hydroxylation is 1. The first-order chi connectivity index (χ1) is 17.3. The van der Waals surface area contributed by atoms with Gasteiger partial charge in [-0.25, -0.2) is 0 Å². The minimum absolute atomic E-state index is 0.273. The third-order valence-corrected chi connectivity index (χ3v) is 5.93. The van der Waals surface area contributed by atoms with Crippen LogP contribution in [0.4, 0.5) is 5.69 Å². The number of likely N-dealkylation sites (N-methyl/N-ethyl adjacent to an activating group) is 1. The number of hydrogen-bond acceptors (Lipinski definition) is 8. The van der Waals surface area contributed by atoms with E-state index in [9.17, 15) is 4.79 Å². The molecule has 0 aliphatic carbocycles. The summed E-state index contributed by atoms with van der Waals surface area (Å²) < 4.78 is 17.3. The predicted molar refractivity (Wildman–Crippen MR) is 140 cm³/mol. The molecule has 0 unspecified atom stereocenters. The third kappa shape index (κ3) is 6.07. The van der Waals surface area contributed by atoms with Crippen LogP contribution in [0.2, 0.25) is 0 Å². The lowest BCUT2D eigenvalue weighted by molar-refractivity contribution is 0.102. The molecule has 9 nitrogen and oxygen atoms in total. The van der Waals surface area contributed by atoms with Gasteiger partial charge < -0.3 is 24.2 Å². The maximum atomic E-state index is 12.8. The van der Waals surface area contributed by atoms with E-state index >= 15 is 0 Å². The van der Waals surface area contributed by atoms with E-state index in [1.165, 1.54) is 6.20 Å². The maximum Gasteiger partial charge on any atom is 0.257 e. The van der Waals surface area contributed by atoms with Crippen LogP contribution in [0.25, 0.3) is 22.6 Å². The Morgan fingerprint density at radius 1 is 1.11 bits per heavy atom. The number of hydrogen-bond donors (Lipinski definition) is 1. The second-order valence-electron chi connectivity index (χ2n) is 8.24. The van der Waals surface area contributed by atoms with Crippen LogP contribution in [-0.2, 0) is 0 Å². The third-order valence-electron chi connectivity index (χ3n) is 5.27. The number of nitrogens with one attached hydrogen (secondary N) is 1. The van der Waals surface area contributed by atoms with Crippen LogP contribution in [0.1, 0.15) is 16.2 Å². The predicted octanol–water partition coefficient (Wildman–Crippen LogP) is 5.07. The largest absolute Gasteiger partial charge is 0.496 e. The van der Waals surface area contributed by atoms with Gasteiger partial charge in [-0.1, -0.05) is 11.2 Å². The van der Waals surface area contributed by atoms with Gasteiger partial charge in [0.1, 0.15) is 18.1 Å². The number of methoxy groups -OCH3 is 1. The Kier molecular flexibility index (Phi) is 7.97. The fourth-order valence-electron chi connectivity index (χ4n) is 3.38.